The molecule has 4 nitrogen and oxygen atoms in total. The molecule has 1 aliphatic carbocycles. The molecule has 0 aromatic heterocycles. The van der Waals surface area contributed by atoms with Gasteiger partial charge in [-0.15, -0.1) is 0 Å². The fourth-order valence-electron chi connectivity index (χ4n) is 2.46. The van der Waals surface area contributed by atoms with Crippen molar-refractivity contribution in [2.24, 2.45) is 5.92 Å². The maximum atomic E-state index is 12.6. The zero-order valence-electron chi connectivity index (χ0n) is 10.2. The maximum absolute atomic E-state index is 12.6. The molecule has 1 saturated carbocycles. The fraction of sp³-hybridized carbons (Fsp3) is 0.462. The number of ether oxygens (including phenoxy) is 1. The van der Waals surface area contributed by atoms with Crippen LogP contribution in [0.25, 0.3) is 0 Å². The average Bonchev–Trinajstić information content (AvgIpc) is 2.87. The summed E-state index contributed by atoms with van der Waals surface area (Å²) in [6.45, 7) is 0. The lowest BCUT2D eigenvalue weighted by Gasteiger charge is -2.16. The highest BCUT2D eigenvalue weighted by atomic mass is 32.2. The lowest BCUT2D eigenvalue weighted by molar-refractivity contribution is 0.402. The third-order valence-electron chi connectivity index (χ3n) is 3.39. The Kier molecular flexibility index (Phi) is 3.58. The fourth-order valence-corrected chi connectivity index (χ4v) is 4.59. The summed E-state index contributed by atoms with van der Waals surface area (Å²) in [7, 11) is -2.04. The third-order valence-corrected chi connectivity index (χ3v) is 5.70. The van der Waals surface area contributed by atoms with Crippen LogP contribution in [0.1, 0.15) is 19.3 Å². The van der Waals surface area contributed by atoms with Crippen LogP contribution in [0, 0.1) is 17.2 Å². The molecule has 1 aromatic carbocycles. The first-order chi connectivity index (χ1) is 8.61. The van der Waals surface area contributed by atoms with Gasteiger partial charge in [0, 0.05) is 0 Å². The van der Waals surface area contributed by atoms with Crippen molar-refractivity contribution >= 4 is 9.84 Å². The molecule has 0 bridgehead atoms. The molecule has 0 radical (unpaired) electrons. The summed E-state index contributed by atoms with van der Waals surface area (Å²) in [5.74, 6) is -0.0546. The Labute approximate surface area is 107 Å². The Balaban J connectivity index is 2.46. The van der Waals surface area contributed by atoms with E-state index in [2.05, 4.69) is 6.07 Å². The Morgan fingerprint density at radius 3 is 2.72 bits per heavy atom. The number of rotatable bonds is 3. The standard InChI is InChI=1S/C13H15NO3S/c1-17-11-6-2-3-7-13(11)18(15,16)12-8-4-5-10(12)9-14/h2-3,6-7,10,12H,4-5,8H2,1H3. The van der Waals surface area contributed by atoms with E-state index in [0.29, 0.717) is 18.6 Å². The summed E-state index contributed by atoms with van der Waals surface area (Å²) >= 11 is 0. The number of methoxy groups -OCH3 is 1. The van der Waals surface area contributed by atoms with E-state index in [-0.39, 0.29) is 4.90 Å². The van der Waals surface area contributed by atoms with Gasteiger partial charge in [-0.2, -0.15) is 5.26 Å². The van der Waals surface area contributed by atoms with Crippen molar-refractivity contribution in [3.8, 4) is 11.8 Å². The Morgan fingerprint density at radius 1 is 1.33 bits per heavy atom. The molecular weight excluding hydrogens is 250 g/mol. The Morgan fingerprint density at radius 2 is 2.06 bits per heavy atom. The van der Waals surface area contributed by atoms with Crippen molar-refractivity contribution in [3.63, 3.8) is 0 Å². The molecule has 1 aliphatic rings. The second-order valence-electron chi connectivity index (χ2n) is 4.40. The molecule has 0 amide bonds. The lowest BCUT2D eigenvalue weighted by atomic mass is 10.1. The predicted octanol–water partition coefficient (Wildman–Crippen LogP) is 2.16. The van der Waals surface area contributed by atoms with Gasteiger partial charge in [-0.3, -0.25) is 0 Å². The number of para-hydroxylation sites is 1. The minimum Gasteiger partial charge on any atom is -0.495 e. The van der Waals surface area contributed by atoms with Crippen LogP contribution in [-0.2, 0) is 9.84 Å². The molecule has 2 unspecified atom stereocenters. The second kappa shape index (κ2) is 4.99. The largest absolute Gasteiger partial charge is 0.495 e. The van der Waals surface area contributed by atoms with Crippen LogP contribution >= 0.6 is 0 Å². The minimum absolute atomic E-state index is 0.194. The van der Waals surface area contributed by atoms with Crippen LogP contribution in [-0.4, -0.2) is 20.8 Å². The van der Waals surface area contributed by atoms with Gasteiger partial charge < -0.3 is 4.74 Å². The molecular formula is C13H15NO3S. The summed E-state index contributed by atoms with van der Waals surface area (Å²) in [6, 6.07) is 8.68. The predicted molar refractivity (Wildman–Crippen MR) is 66.9 cm³/mol. The average molecular weight is 265 g/mol. The van der Waals surface area contributed by atoms with E-state index in [9.17, 15) is 8.42 Å². The monoisotopic (exact) mass is 265 g/mol. The third kappa shape index (κ3) is 2.08. The van der Waals surface area contributed by atoms with Crippen molar-refractivity contribution < 1.29 is 13.2 Å². The van der Waals surface area contributed by atoms with Crippen molar-refractivity contribution in [3.05, 3.63) is 24.3 Å². The van der Waals surface area contributed by atoms with E-state index in [4.69, 9.17) is 10.00 Å². The quantitative estimate of drug-likeness (QED) is 0.840. The van der Waals surface area contributed by atoms with E-state index in [0.717, 1.165) is 6.42 Å². The molecule has 0 spiro atoms. The van der Waals surface area contributed by atoms with Gasteiger partial charge in [0.1, 0.15) is 10.6 Å². The molecule has 0 heterocycles. The first-order valence-electron chi connectivity index (χ1n) is 5.87. The lowest BCUT2D eigenvalue weighted by Crippen LogP contribution is -2.25. The molecule has 5 heteroatoms. The minimum atomic E-state index is -3.49. The molecule has 2 atom stereocenters. The zero-order valence-corrected chi connectivity index (χ0v) is 11.0. The summed E-state index contributed by atoms with van der Waals surface area (Å²) in [5, 5.41) is 8.43. The molecule has 18 heavy (non-hydrogen) atoms. The number of hydrogen-bond donors (Lipinski definition) is 0. The maximum Gasteiger partial charge on any atom is 0.186 e. The van der Waals surface area contributed by atoms with Crippen molar-refractivity contribution in [1.82, 2.24) is 0 Å². The summed E-state index contributed by atoms with van der Waals surface area (Å²) in [5.41, 5.74) is 0. The van der Waals surface area contributed by atoms with Gasteiger partial charge in [-0.25, -0.2) is 8.42 Å². The zero-order chi connectivity index (χ0) is 13.2. The van der Waals surface area contributed by atoms with Gasteiger partial charge in [-0.1, -0.05) is 18.6 Å². The second-order valence-corrected chi connectivity index (χ2v) is 6.54. The van der Waals surface area contributed by atoms with Crippen LogP contribution in [0.3, 0.4) is 0 Å². The van der Waals surface area contributed by atoms with Gasteiger partial charge in [0.25, 0.3) is 0 Å². The highest BCUT2D eigenvalue weighted by molar-refractivity contribution is 7.92. The normalized spacial score (nSPS) is 23.6. The smallest absolute Gasteiger partial charge is 0.186 e. The Bertz CT molecular complexity index is 574. The SMILES string of the molecule is COc1ccccc1S(=O)(=O)C1CCCC1C#N. The van der Waals surface area contributed by atoms with Gasteiger partial charge in [0.15, 0.2) is 9.84 Å². The topological polar surface area (TPSA) is 67.2 Å². The molecule has 0 saturated heterocycles. The highest BCUT2D eigenvalue weighted by Crippen LogP contribution is 2.37. The number of nitriles is 1. The van der Waals surface area contributed by atoms with Crippen molar-refractivity contribution in [2.75, 3.05) is 7.11 Å². The van der Waals surface area contributed by atoms with Crippen LogP contribution in [0.4, 0.5) is 0 Å². The summed E-state index contributed by atoms with van der Waals surface area (Å²) in [4.78, 5) is 0.194. The summed E-state index contributed by atoms with van der Waals surface area (Å²) in [6.07, 6.45) is 2.01. The Hall–Kier alpha value is -1.54. The highest BCUT2D eigenvalue weighted by Gasteiger charge is 2.39. The van der Waals surface area contributed by atoms with Crippen LogP contribution in [0.5, 0.6) is 5.75 Å². The molecule has 0 aliphatic heterocycles. The van der Waals surface area contributed by atoms with Crippen molar-refractivity contribution in [2.45, 2.75) is 29.4 Å². The molecule has 1 aromatic rings. The molecule has 2 rings (SSSR count). The van der Waals surface area contributed by atoms with E-state index in [1.165, 1.54) is 7.11 Å². The number of benzene rings is 1. The van der Waals surface area contributed by atoms with Crippen molar-refractivity contribution in [1.29, 1.82) is 5.26 Å². The van der Waals surface area contributed by atoms with E-state index < -0.39 is 21.0 Å². The van der Waals surface area contributed by atoms with E-state index >= 15 is 0 Å². The van der Waals surface area contributed by atoms with E-state index in [1.807, 2.05) is 0 Å². The first-order valence-corrected chi connectivity index (χ1v) is 7.42. The van der Waals surface area contributed by atoms with E-state index in [1.54, 1.807) is 24.3 Å². The van der Waals surface area contributed by atoms with Crippen LogP contribution in [0.15, 0.2) is 29.2 Å². The molecule has 96 valence electrons. The van der Waals surface area contributed by atoms with Crippen LogP contribution < -0.4 is 4.74 Å². The first kappa shape index (κ1) is 12.9. The number of nitrogens with zero attached hydrogens (tertiary/aromatic N) is 1. The van der Waals surface area contributed by atoms with Gasteiger partial charge in [0.2, 0.25) is 0 Å². The summed E-state index contributed by atoms with van der Waals surface area (Å²) < 4.78 is 30.2. The molecule has 0 N–H and O–H groups in total. The van der Waals surface area contributed by atoms with Gasteiger partial charge in [0.05, 0.1) is 24.3 Å². The number of sulfone groups is 1. The van der Waals surface area contributed by atoms with Gasteiger partial charge in [-0.05, 0) is 25.0 Å². The molecule has 1 fully saturated rings. The number of hydrogen-bond acceptors (Lipinski definition) is 4. The van der Waals surface area contributed by atoms with Gasteiger partial charge >= 0.3 is 0 Å². The van der Waals surface area contributed by atoms with Crippen LogP contribution in [0.2, 0.25) is 0 Å².